The molecular formula is C12H13N3. The predicted molar refractivity (Wildman–Crippen MR) is 61.4 cm³/mol. The van der Waals surface area contributed by atoms with Gasteiger partial charge in [-0.2, -0.15) is 0 Å². The van der Waals surface area contributed by atoms with Crippen LogP contribution in [0, 0.1) is 13.8 Å². The maximum atomic E-state index is 5.99. The first-order valence-corrected chi connectivity index (χ1v) is 4.82. The van der Waals surface area contributed by atoms with Crippen LogP contribution in [0.15, 0.2) is 30.7 Å². The summed E-state index contributed by atoms with van der Waals surface area (Å²) in [6.45, 7) is 4.01. The lowest BCUT2D eigenvalue weighted by Gasteiger charge is -2.08. The van der Waals surface area contributed by atoms with Gasteiger partial charge in [0, 0.05) is 24.2 Å². The minimum atomic E-state index is 0.730. The number of aryl methyl sites for hydroxylation is 2. The maximum Gasteiger partial charge on any atom is 0.0951 e. The molecule has 2 rings (SSSR count). The Morgan fingerprint density at radius 3 is 2.53 bits per heavy atom. The van der Waals surface area contributed by atoms with E-state index in [1.807, 2.05) is 26.0 Å². The first-order valence-electron chi connectivity index (χ1n) is 4.82. The number of pyridine rings is 2. The van der Waals surface area contributed by atoms with Gasteiger partial charge < -0.3 is 5.73 Å². The van der Waals surface area contributed by atoms with Crippen LogP contribution < -0.4 is 5.73 Å². The molecule has 15 heavy (non-hydrogen) atoms. The summed E-state index contributed by atoms with van der Waals surface area (Å²) < 4.78 is 0. The zero-order chi connectivity index (χ0) is 10.8. The van der Waals surface area contributed by atoms with Crippen molar-refractivity contribution in [2.24, 2.45) is 0 Å². The van der Waals surface area contributed by atoms with Gasteiger partial charge in [0.15, 0.2) is 0 Å². The second-order valence-corrected chi connectivity index (χ2v) is 3.58. The summed E-state index contributed by atoms with van der Waals surface area (Å²) >= 11 is 0. The quantitative estimate of drug-likeness (QED) is 0.767. The number of nitrogens with two attached hydrogens (primary N) is 1. The Bertz CT molecular complexity index is 492. The average Bonchev–Trinajstić information content (AvgIpc) is 2.23. The van der Waals surface area contributed by atoms with Gasteiger partial charge in [0.2, 0.25) is 0 Å². The van der Waals surface area contributed by atoms with Gasteiger partial charge in [-0.3, -0.25) is 9.97 Å². The van der Waals surface area contributed by atoms with Crippen LogP contribution >= 0.6 is 0 Å². The Morgan fingerprint density at radius 1 is 1.07 bits per heavy atom. The molecule has 2 N–H and O–H groups in total. The highest BCUT2D eigenvalue weighted by atomic mass is 14.7. The molecule has 0 amide bonds. The predicted octanol–water partition coefficient (Wildman–Crippen LogP) is 2.34. The van der Waals surface area contributed by atoms with Gasteiger partial charge in [-0.05, 0) is 37.1 Å². The molecule has 3 nitrogen and oxygen atoms in total. The van der Waals surface area contributed by atoms with Gasteiger partial charge in [0.1, 0.15) is 0 Å². The number of anilines is 1. The molecule has 0 atom stereocenters. The fourth-order valence-corrected chi connectivity index (χ4v) is 1.50. The molecular weight excluding hydrogens is 186 g/mol. The molecule has 0 aliphatic carbocycles. The maximum absolute atomic E-state index is 5.99. The van der Waals surface area contributed by atoms with Crippen molar-refractivity contribution >= 4 is 5.69 Å². The number of hydrogen-bond donors (Lipinski definition) is 1. The fraction of sp³-hybridized carbons (Fsp3) is 0.167. The van der Waals surface area contributed by atoms with Gasteiger partial charge >= 0.3 is 0 Å². The molecule has 0 fully saturated rings. The monoisotopic (exact) mass is 199 g/mol. The molecule has 0 bridgehead atoms. The van der Waals surface area contributed by atoms with Crippen LogP contribution in [0.4, 0.5) is 5.69 Å². The van der Waals surface area contributed by atoms with Crippen molar-refractivity contribution < 1.29 is 0 Å². The molecule has 0 unspecified atom stereocenters. The number of aromatic nitrogens is 2. The first-order chi connectivity index (χ1) is 7.20. The Balaban J connectivity index is 2.65. The Hall–Kier alpha value is -1.90. The largest absolute Gasteiger partial charge is 0.397 e. The van der Waals surface area contributed by atoms with E-state index in [0.29, 0.717) is 0 Å². The summed E-state index contributed by atoms with van der Waals surface area (Å²) in [6, 6.07) is 3.86. The van der Waals surface area contributed by atoms with Crippen LogP contribution in [-0.2, 0) is 0 Å². The van der Waals surface area contributed by atoms with E-state index in [1.54, 1.807) is 18.6 Å². The molecule has 0 saturated carbocycles. The molecule has 2 heterocycles. The average molecular weight is 199 g/mol. The van der Waals surface area contributed by atoms with E-state index in [9.17, 15) is 0 Å². The molecule has 2 aromatic rings. The van der Waals surface area contributed by atoms with Crippen LogP contribution in [0.5, 0.6) is 0 Å². The second kappa shape index (κ2) is 3.69. The van der Waals surface area contributed by atoms with E-state index in [1.165, 1.54) is 0 Å². The number of hydrogen-bond acceptors (Lipinski definition) is 3. The van der Waals surface area contributed by atoms with E-state index in [2.05, 4.69) is 9.97 Å². The third-order valence-corrected chi connectivity index (χ3v) is 2.50. The number of rotatable bonds is 1. The van der Waals surface area contributed by atoms with Crippen LogP contribution in [-0.4, -0.2) is 9.97 Å². The van der Waals surface area contributed by atoms with Gasteiger partial charge in [0.25, 0.3) is 0 Å². The summed E-state index contributed by atoms with van der Waals surface area (Å²) in [5, 5.41) is 0. The van der Waals surface area contributed by atoms with Crippen LogP contribution in [0.2, 0.25) is 0 Å². The van der Waals surface area contributed by atoms with Gasteiger partial charge in [-0.1, -0.05) is 0 Å². The normalized spacial score (nSPS) is 10.3. The van der Waals surface area contributed by atoms with E-state index < -0.39 is 0 Å². The van der Waals surface area contributed by atoms with Gasteiger partial charge in [-0.15, -0.1) is 0 Å². The minimum absolute atomic E-state index is 0.730. The van der Waals surface area contributed by atoms with Gasteiger partial charge in [0.05, 0.1) is 11.4 Å². The Kier molecular flexibility index (Phi) is 2.37. The lowest BCUT2D eigenvalue weighted by Crippen LogP contribution is -1.97. The zero-order valence-corrected chi connectivity index (χ0v) is 8.86. The molecule has 3 heteroatoms. The Morgan fingerprint density at radius 2 is 1.80 bits per heavy atom. The molecule has 76 valence electrons. The third-order valence-electron chi connectivity index (χ3n) is 2.50. The van der Waals surface area contributed by atoms with Crippen molar-refractivity contribution in [3.8, 4) is 11.3 Å². The highest BCUT2D eigenvalue weighted by Crippen LogP contribution is 2.27. The van der Waals surface area contributed by atoms with Crippen molar-refractivity contribution in [2.75, 3.05) is 5.73 Å². The van der Waals surface area contributed by atoms with Gasteiger partial charge in [-0.25, -0.2) is 0 Å². The molecule has 0 spiro atoms. The molecule has 0 aliphatic heterocycles. The SMILES string of the molecule is Cc1ccncc1-c1nccc(C)c1N. The van der Waals surface area contributed by atoms with Crippen molar-refractivity contribution in [2.45, 2.75) is 13.8 Å². The second-order valence-electron chi connectivity index (χ2n) is 3.58. The summed E-state index contributed by atoms with van der Waals surface area (Å²) in [7, 11) is 0. The van der Waals surface area contributed by atoms with Crippen LogP contribution in [0.25, 0.3) is 11.3 Å². The van der Waals surface area contributed by atoms with Crippen molar-refractivity contribution in [1.82, 2.24) is 9.97 Å². The summed E-state index contributed by atoms with van der Waals surface area (Å²) in [6.07, 6.45) is 5.34. The lowest BCUT2D eigenvalue weighted by molar-refractivity contribution is 1.23. The van der Waals surface area contributed by atoms with Crippen LogP contribution in [0.1, 0.15) is 11.1 Å². The smallest absolute Gasteiger partial charge is 0.0951 e. The van der Waals surface area contributed by atoms with E-state index in [4.69, 9.17) is 5.73 Å². The fourth-order valence-electron chi connectivity index (χ4n) is 1.50. The van der Waals surface area contributed by atoms with Crippen molar-refractivity contribution in [1.29, 1.82) is 0 Å². The van der Waals surface area contributed by atoms with E-state index in [-0.39, 0.29) is 0 Å². The molecule has 0 saturated heterocycles. The molecule has 0 radical (unpaired) electrons. The zero-order valence-electron chi connectivity index (χ0n) is 8.86. The topological polar surface area (TPSA) is 51.8 Å². The lowest BCUT2D eigenvalue weighted by atomic mass is 10.1. The first kappa shape index (κ1) is 9.65. The highest BCUT2D eigenvalue weighted by Gasteiger charge is 2.08. The molecule has 0 aliphatic rings. The van der Waals surface area contributed by atoms with Crippen molar-refractivity contribution in [3.05, 3.63) is 41.9 Å². The van der Waals surface area contributed by atoms with Crippen molar-refractivity contribution in [3.63, 3.8) is 0 Å². The summed E-state index contributed by atoms with van der Waals surface area (Å²) in [4.78, 5) is 8.40. The molecule has 2 aromatic heterocycles. The minimum Gasteiger partial charge on any atom is -0.397 e. The molecule has 0 aromatic carbocycles. The van der Waals surface area contributed by atoms with E-state index in [0.717, 1.165) is 28.1 Å². The number of nitrogens with zero attached hydrogens (tertiary/aromatic N) is 2. The standard InChI is InChI=1S/C12H13N3/c1-8-3-5-14-7-10(8)12-11(13)9(2)4-6-15-12/h3-7H,13H2,1-2H3. The highest BCUT2D eigenvalue weighted by molar-refractivity contribution is 5.75. The summed E-state index contributed by atoms with van der Waals surface area (Å²) in [5.74, 6) is 0. The Labute approximate surface area is 89.0 Å². The third kappa shape index (κ3) is 1.68. The van der Waals surface area contributed by atoms with E-state index >= 15 is 0 Å². The number of nitrogen functional groups attached to an aromatic ring is 1. The summed E-state index contributed by atoms with van der Waals surface area (Å²) in [5.41, 5.74) is 10.7. The van der Waals surface area contributed by atoms with Crippen LogP contribution in [0.3, 0.4) is 0 Å².